The summed E-state index contributed by atoms with van der Waals surface area (Å²) in [6.07, 6.45) is 5.98. The number of rotatable bonds is 1. The largest absolute Gasteiger partial charge is 0.481 e. The molecular formula is C9H12N2O2. The number of nitrogens with one attached hydrogen (secondary N) is 1. The quantitative estimate of drug-likeness (QED) is 0.596. The number of fused-ring (bicyclic) bond motifs is 1. The Balaban J connectivity index is 2.07. The Bertz CT molecular complexity index is 283. The van der Waals surface area contributed by atoms with Gasteiger partial charge < -0.3 is 15.3 Å². The molecule has 2 aliphatic heterocycles. The van der Waals surface area contributed by atoms with Crippen molar-refractivity contribution in [2.24, 2.45) is 5.92 Å². The summed E-state index contributed by atoms with van der Waals surface area (Å²) in [5, 5.41) is 11.9. The topological polar surface area (TPSA) is 52.6 Å². The van der Waals surface area contributed by atoms with Crippen molar-refractivity contribution in [2.75, 3.05) is 19.6 Å². The molecule has 2 heterocycles. The van der Waals surface area contributed by atoms with E-state index in [1.165, 1.54) is 0 Å². The molecule has 0 aliphatic carbocycles. The van der Waals surface area contributed by atoms with Gasteiger partial charge in [0, 0.05) is 19.6 Å². The van der Waals surface area contributed by atoms with Gasteiger partial charge >= 0.3 is 5.97 Å². The van der Waals surface area contributed by atoms with Crippen LogP contribution in [0.1, 0.15) is 0 Å². The molecule has 0 radical (unpaired) electrons. The number of carboxylic acids is 1. The van der Waals surface area contributed by atoms with Crippen molar-refractivity contribution in [2.45, 2.75) is 0 Å². The van der Waals surface area contributed by atoms with Crippen molar-refractivity contribution in [3.8, 4) is 0 Å². The average Bonchev–Trinajstić information content (AvgIpc) is 2.17. The van der Waals surface area contributed by atoms with Gasteiger partial charge in [0.05, 0.1) is 5.92 Å². The van der Waals surface area contributed by atoms with E-state index in [-0.39, 0.29) is 5.92 Å². The third kappa shape index (κ3) is 1.52. The molecule has 1 saturated heterocycles. The van der Waals surface area contributed by atoms with Crippen molar-refractivity contribution in [1.82, 2.24) is 10.2 Å². The van der Waals surface area contributed by atoms with Gasteiger partial charge in [0.25, 0.3) is 0 Å². The van der Waals surface area contributed by atoms with Crippen LogP contribution < -0.4 is 5.32 Å². The fourth-order valence-electron chi connectivity index (χ4n) is 1.62. The van der Waals surface area contributed by atoms with Crippen LogP contribution in [-0.2, 0) is 4.79 Å². The molecule has 2 rings (SSSR count). The first-order valence-corrected chi connectivity index (χ1v) is 4.36. The summed E-state index contributed by atoms with van der Waals surface area (Å²) in [6.45, 7) is 1.95. The Morgan fingerprint density at radius 1 is 1.69 bits per heavy atom. The van der Waals surface area contributed by atoms with E-state index < -0.39 is 5.97 Å². The molecule has 0 aromatic carbocycles. The van der Waals surface area contributed by atoms with Crippen LogP contribution in [0.5, 0.6) is 0 Å². The highest BCUT2D eigenvalue weighted by atomic mass is 16.4. The van der Waals surface area contributed by atoms with Gasteiger partial charge in [-0.15, -0.1) is 0 Å². The number of hydrogen-bond donors (Lipinski definition) is 2. The molecule has 0 aromatic heterocycles. The average molecular weight is 180 g/mol. The minimum Gasteiger partial charge on any atom is -0.481 e. The van der Waals surface area contributed by atoms with Crippen molar-refractivity contribution < 1.29 is 9.90 Å². The van der Waals surface area contributed by atoms with Crippen molar-refractivity contribution >= 4 is 5.97 Å². The van der Waals surface area contributed by atoms with E-state index in [1.807, 2.05) is 23.1 Å². The van der Waals surface area contributed by atoms with E-state index in [4.69, 9.17) is 5.11 Å². The Morgan fingerprint density at radius 2 is 2.54 bits per heavy atom. The zero-order valence-electron chi connectivity index (χ0n) is 7.23. The van der Waals surface area contributed by atoms with Crippen LogP contribution in [0.15, 0.2) is 24.0 Å². The monoisotopic (exact) mass is 180 g/mol. The van der Waals surface area contributed by atoms with Gasteiger partial charge in [0.2, 0.25) is 0 Å². The molecule has 0 amide bonds. The predicted molar refractivity (Wildman–Crippen MR) is 47.9 cm³/mol. The van der Waals surface area contributed by atoms with Gasteiger partial charge in [-0.3, -0.25) is 4.79 Å². The van der Waals surface area contributed by atoms with Gasteiger partial charge in [0.15, 0.2) is 0 Å². The summed E-state index contributed by atoms with van der Waals surface area (Å²) in [7, 11) is 0. The summed E-state index contributed by atoms with van der Waals surface area (Å²) >= 11 is 0. The number of allylic oxidation sites excluding steroid dienone is 2. The smallest absolute Gasteiger partial charge is 0.310 e. The molecule has 0 aromatic rings. The number of nitrogens with zero attached hydrogens (tertiary/aromatic N) is 1. The molecule has 2 aliphatic rings. The van der Waals surface area contributed by atoms with Crippen molar-refractivity contribution in [3.63, 3.8) is 0 Å². The third-order valence-corrected chi connectivity index (χ3v) is 2.38. The van der Waals surface area contributed by atoms with Crippen LogP contribution in [0.25, 0.3) is 0 Å². The highest BCUT2D eigenvalue weighted by Crippen LogP contribution is 2.15. The Kier molecular flexibility index (Phi) is 1.96. The molecule has 2 N–H and O–H groups in total. The van der Waals surface area contributed by atoms with Gasteiger partial charge in [-0.1, -0.05) is 12.2 Å². The maximum Gasteiger partial charge on any atom is 0.310 e. The summed E-state index contributed by atoms with van der Waals surface area (Å²) in [5.41, 5.74) is 0. The summed E-state index contributed by atoms with van der Waals surface area (Å²) in [5.74, 6) is 0.0322. The van der Waals surface area contributed by atoms with Crippen LogP contribution in [0.3, 0.4) is 0 Å². The SMILES string of the molecule is O=C(O)C1CNC2=CC=CCN2C1. The first-order chi connectivity index (χ1) is 6.27. The zero-order valence-corrected chi connectivity index (χ0v) is 7.23. The molecule has 13 heavy (non-hydrogen) atoms. The van der Waals surface area contributed by atoms with Crippen LogP contribution in [0, 0.1) is 5.92 Å². The van der Waals surface area contributed by atoms with Crippen LogP contribution in [-0.4, -0.2) is 35.6 Å². The van der Waals surface area contributed by atoms with Gasteiger partial charge in [-0.2, -0.15) is 0 Å². The fourth-order valence-corrected chi connectivity index (χ4v) is 1.62. The third-order valence-electron chi connectivity index (χ3n) is 2.38. The van der Waals surface area contributed by atoms with Crippen molar-refractivity contribution in [1.29, 1.82) is 0 Å². The lowest BCUT2D eigenvalue weighted by atomic mass is 10.1. The first-order valence-electron chi connectivity index (χ1n) is 4.36. The number of carbonyl (C=O) groups is 1. The van der Waals surface area contributed by atoms with E-state index in [1.54, 1.807) is 0 Å². The predicted octanol–water partition coefficient (Wildman–Crippen LogP) is 0.00360. The normalized spacial score (nSPS) is 26.0. The lowest BCUT2D eigenvalue weighted by Crippen LogP contribution is -2.48. The number of aliphatic carboxylic acids is 1. The second-order valence-electron chi connectivity index (χ2n) is 3.30. The summed E-state index contributed by atoms with van der Waals surface area (Å²) in [6, 6.07) is 0. The van der Waals surface area contributed by atoms with E-state index >= 15 is 0 Å². The van der Waals surface area contributed by atoms with E-state index in [0.717, 1.165) is 12.4 Å². The van der Waals surface area contributed by atoms with E-state index in [2.05, 4.69) is 5.32 Å². The highest BCUT2D eigenvalue weighted by molar-refractivity contribution is 5.70. The molecular weight excluding hydrogens is 168 g/mol. The maximum atomic E-state index is 10.7. The first kappa shape index (κ1) is 8.16. The Labute approximate surface area is 76.5 Å². The van der Waals surface area contributed by atoms with E-state index in [0.29, 0.717) is 13.1 Å². The molecule has 4 nitrogen and oxygen atoms in total. The number of carboxylic acid groups (broad SMARTS) is 1. The van der Waals surface area contributed by atoms with Crippen LogP contribution in [0.4, 0.5) is 0 Å². The second kappa shape index (κ2) is 3.12. The highest BCUT2D eigenvalue weighted by Gasteiger charge is 2.27. The lowest BCUT2D eigenvalue weighted by molar-refractivity contribution is -0.142. The summed E-state index contributed by atoms with van der Waals surface area (Å²) in [4.78, 5) is 12.8. The second-order valence-corrected chi connectivity index (χ2v) is 3.30. The Morgan fingerprint density at radius 3 is 3.31 bits per heavy atom. The van der Waals surface area contributed by atoms with Crippen LogP contribution >= 0.6 is 0 Å². The zero-order chi connectivity index (χ0) is 9.26. The standard InChI is InChI=1S/C9H12N2O2/c12-9(13)7-5-10-8-3-1-2-4-11(8)6-7/h1-3,7,10H,4-6H2,(H,12,13). The number of hydrogen-bond acceptors (Lipinski definition) is 3. The lowest BCUT2D eigenvalue weighted by Gasteiger charge is -2.36. The molecule has 1 atom stereocenters. The molecule has 1 unspecified atom stereocenters. The minimum absolute atomic E-state index is 0.288. The van der Waals surface area contributed by atoms with Crippen LogP contribution in [0.2, 0.25) is 0 Å². The van der Waals surface area contributed by atoms with Gasteiger partial charge in [-0.25, -0.2) is 0 Å². The molecule has 0 saturated carbocycles. The fraction of sp³-hybridized carbons (Fsp3) is 0.444. The molecule has 1 fully saturated rings. The molecule has 4 heteroatoms. The minimum atomic E-state index is -0.721. The molecule has 0 spiro atoms. The van der Waals surface area contributed by atoms with Gasteiger partial charge in [-0.05, 0) is 6.08 Å². The summed E-state index contributed by atoms with van der Waals surface area (Å²) < 4.78 is 0. The van der Waals surface area contributed by atoms with E-state index in [9.17, 15) is 4.79 Å². The Hall–Kier alpha value is -1.45. The molecule has 0 bridgehead atoms. The maximum absolute atomic E-state index is 10.7. The van der Waals surface area contributed by atoms with Crippen molar-refractivity contribution in [3.05, 3.63) is 24.0 Å². The van der Waals surface area contributed by atoms with Gasteiger partial charge in [0.1, 0.15) is 5.82 Å². The molecule has 70 valence electrons.